The molecule has 0 bridgehead atoms. The molecule has 0 spiro atoms. The second kappa shape index (κ2) is 8.56. The minimum Gasteiger partial charge on any atom is -0.507 e. The van der Waals surface area contributed by atoms with Crippen LogP contribution < -0.4 is 4.74 Å². The number of carbonyl (C=O) groups is 2. The van der Waals surface area contributed by atoms with Crippen LogP contribution in [-0.2, 0) is 16.1 Å². The third-order valence-corrected chi connectivity index (χ3v) is 6.76. The van der Waals surface area contributed by atoms with Crippen molar-refractivity contribution in [3.63, 3.8) is 0 Å². The third kappa shape index (κ3) is 3.68. The van der Waals surface area contributed by atoms with E-state index >= 15 is 0 Å². The molecule has 1 unspecified atom stereocenters. The van der Waals surface area contributed by atoms with Gasteiger partial charge in [0.05, 0.1) is 25.3 Å². The first-order valence-corrected chi connectivity index (χ1v) is 11.4. The van der Waals surface area contributed by atoms with Gasteiger partial charge in [0.2, 0.25) is 0 Å². The molecule has 0 radical (unpaired) electrons. The minimum absolute atomic E-state index is 0.0844. The van der Waals surface area contributed by atoms with Crippen molar-refractivity contribution in [1.29, 1.82) is 0 Å². The maximum absolute atomic E-state index is 13.3. The van der Waals surface area contributed by atoms with E-state index in [0.717, 1.165) is 15.6 Å². The van der Waals surface area contributed by atoms with Crippen molar-refractivity contribution in [2.45, 2.75) is 12.6 Å². The molecule has 4 aromatic rings. The lowest BCUT2D eigenvalue weighted by Crippen LogP contribution is -2.28. The number of carbonyl (C=O) groups excluding carboxylic acids is 2. The number of hydrogen-bond donors (Lipinski definition) is 1. The Kier molecular flexibility index (Phi) is 5.44. The molecule has 1 aliphatic rings. The Labute approximate surface area is 195 Å². The number of rotatable bonds is 5. The molecule has 5 nitrogen and oxygen atoms in total. The maximum atomic E-state index is 13.3. The van der Waals surface area contributed by atoms with Crippen molar-refractivity contribution < 1.29 is 19.4 Å². The fourth-order valence-corrected chi connectivity index (χ4v) is 5.05. The zero-order valence-corrected chi connectivity index (χ0v) is 18.7. The Hall–Kier alpha value is -3.90. The Morgan fingerprint density at radius 3 is 2.58 bits per heavy atom. The fourth-order valence-electron chi connectivity index (χ4n) is 4.35. The van der Waals surface area contributed by atoms with Gasteiger partial charge in [0.1, 0.15) is 11.5 Å². The largest absolute Gasteiger partial charge is 0.507 e. The summed E-state index contributed by atoms with van der Waals surface area (Å²) in [5.41, 5.74) is 1.31. The van der Waals surface area contributed by atoms with Gasteiger partial charge in [-0.15, -0.1) is 11.3 Å². The molecule has 0 saturated carbocycles. The second-order valence-corrected chi connectivity index (χ2v) is 8.84. The van der Waals surface area contributed by atoms with Crippen molar-refractivity contribution in [3.8, 4) is 5.75 Å². The van der Waals surface area contributed by atoms with E-state index in [0.29, 0.717) is 16.9 Å². The topological polar surface area (TPSA) is 66.8 Å². The summed E-state index contributed by atoms with van der Waals surface area (Å²) in [6.07, 6.45) is 0. The highest BCUT2D eigenvalue weighted by Crippen LogP contribution is 2.42. The minimum atomic E-state index is -0.735. The molecule has 1 aromatic heterocycles. The Morgan fingerprint density at radius 2 is 1.79 bits per heavy atom. The summed E-state index contributed by atoms with van der Waals surface area (Å²) in [7, 11) is 1.57. The van der Waals surface area contributed by atoms with Gasteiger partial charge in [0.25, 0.3) is 11.7 Å². The molecular weight excluding hydrogens is 434 g/mol. The molecule has 0 aliphatic carbocycles. The smallest absolute Gasteiger partial charge is 0.295 e. The Balaban J connectivity index is 1.72. The van der Waals surface area contributed by atoms with E-state index in [1.165, 1.54) is 16.2 Å². The molecule has 33 heavy (non-hydrogen) atoms. The Morgan fingerprint density at radius 1 is 1.00 bits per heavy atom. The van der Waals surface area contributed by atoms with Crippen LogP contribution in [0.3, 0.4) is 0 Å². The number of aliphatic hydroxyl groups excluding tert-OH is 1. The standard InChI is InChI=1S/C27H21NO4S/c1-32-19-10-4-9-18(15-19)24-23(26(30)27(31)28(24)16-20-11-6-14-33-20)25(29)22-13-5-8-17-7-2-3-12-21(17)22/h2-15,24,29H,16H2,1H3/b25-23-. The molecule has 1 atom stereocenters. The molecule has 164 valence electrons. The van der Waals surface area contributed by atoms with Crippen LogP contribution in [0, 0.1) is 0 Å². The van der Waals surface area contributed by atoms with Crippen LogP contribution in [0.25, 0.3) is 16.5 Å². The number of aliphatic hydroxyl groups is 1. The molecule has 3 aromatic carbocycles. The zero-order chi connectivity index (χ0) is 22.9. The highest BCUT2D eigenvalue weighted by Gasteiger charge is 2.46. The normalized spacial score (nSPS) is 17.6. The summed E-state index contributed by atoms with van der Waals surface area (Å²) in [5.74, 6) is -0.881. The fraction of sp³-hybridized carbons (Fsp3) is 0.111. The van der Waals surface area contributed by atoms with Gasteiger partial charge in [-0.3, -0.25) is 9.59 Å². The number of likely N-dealkylation sites (tertiary alicyclic amines) is 1. The van der Waals surface area contributed by atoms with Gasteiger partial charge in [-0.1, -0.05) is 60.7 Å². The summed E-state index contributed by atoms with van der Waals surface area (Å²) in [6.45, 7) is 0.274. The van der Waals surface area contributed by atoms with E-state index in [9.17, 15) is 14.7 Å². The number of ketones is 1. The number of ether oxygens (including phenoxy) is 1. The average molecular weight is 456 g/mol. The summed E-state index contributed by atoms with van der Waals surface area (Å²) in [5, 5.41) is 15.1. The quantitative estimate of drug-likeness (QED) is 0.244. The summed E-state index contributed by atoms with van der Waals surface area (Å²) in [6, 6.07) is 23.6. The van der Waals surface area contributed by atoms with Gasteiger partial charge in [-0.05, 0) is 39.9 Å². The van der Waals surface area contributed by atoms with Crippen LogP contribution in [0.1, 0.15) is 22.0 Å². The average Bonchev–Trinajstić information content (AvgIpc) is 3.45. The lowest BCUT2D eigenvalue weighted by molar-refractivity contribution is -0.140. The molecule has 1 amide bonds. The van der Waals surface area contributed by atoms with Gasteiger partial charge in [0, 0.05) is 10.4 Å². The molecule has 2 heterocycles. The van der Waals surface area contributed by atoms with Gasteiger partial charge in [0.15, 0.2) is 0 Å². The predicted octanol–water partition coefficient (Wildman–Crippen LogP) is 5.53. The predicted molar refractivity (Wildman–Crippen MR) is 129 cm³/mol. The summed E-state index contributed by atoms with van der Waals surface area (Å²) in [4.78, 5) is 29.0. The van der Waals surface area contributed by atoms with E-state index < -0.39 is 17.7 Å². The van der Waals surface area contributed by atoms with E-state index in [1.807, 2.05) is 66.0 Å². The molecule has 1 saturated heterocycles. The van der Waals surface area contributed by atoms with E-state index in [4.69, 9.17) is 4.74 Å². The van der Waals surface area contributed by atoms with Crippen LogP contribution in [0.2, 0.25) is 0 Å². The maximum Gasteiger partial charge on any atom is 0.295 e. The SMILES string of the molecule is COc1cccc(C2/C(=C(/O)c3cccc4ccccc34)C(=O)C(=O)N2Cc2cccs2)c1. The van der Waals surface area contributed by atoms with Gasteiger partial charge >= 0.3 is 0 Å². The first-order chi connectivity index (χ1) is 16.1. The molecule has 5 rings (SSSR count). The van der Waals surface area contributed by atoms with E-state index in [-0.39, 0.29) is 17.9 Å². The number of nitrogens with zero attached hydrogens (tertiary/aromatic N) is 1. The lowest BCUT2D eigenvalue weighted by atomic mass is 9.93. The highest BCUT2D eigenvalue weighted by molar-refractivity contribution is 7.09. The van der Waals surface area contributed by atoms with E-state index in [2.05, 4.69) is 0 Å². The number of fused-ring (bicyclic) bond motifs is 1. The number of hydrogen-bond acceptors (Lipinski definition) is 5. The van der Waals surface area contributed by atoms with Crippen molar-refractivity contribution >= 4 is 39.6 Å². The number of amides is 1. The summed E-state index contributed by atoms with van der Waals surface area (Å²) < 4.78 is 5.38. The molecule has 1 N–H and O–H groups in total. The van der Waals surface area contributed by atoms with Crippen molar-refractivity contribution in [2.24, 2.45) is 0 Å². The molecule has 1 fully saturated rings. The first kappa shape index (κ1) is 21.0. The number of methoxy groups -OCH3 is 1. The number of Topliss-reactive ketones (excluding diaryl/α,β-unsaturated/α-hetero) is 1. The van der Waals surface area contributed by atoms with E-state index in [1.54, 1.807) is 25.3 Å². The van der Waals surface area contributed by atoms with Crippen molar-refractivity contribution in [3.05, 3.63) is 106 Å². The molecule has 6 heteroatoms. The second-order valence-electron chi connectivity index (χ2n) is 7.81. The summed E-state index contributed by atoms with van der Waals surface area (Å²) >= 11 is 1.52. The monoisotopic (exact) mass is 455 g/mol. The third-order valence-electron chi connectivity index (χ3n) is 5.90. The lowest BCUT2D eigenvalue weighted by Gasteiger charge is -2.25. The van der Waals surface area contributed by atoms with Gasteiger partial charge in [-0.25, -0.2) is 0 Å². The van der Waals surface area contributed by atoms with Crippen LogP contribution in [-0.4, -0.2) is 28.8 Å². The number of thiophene rings is 1. The molecular formula is C27H21NO4S. The van der Waals surface area contributed by atoms with Gasteiger partial charge in [-0.2, -0.15) is 0 Å². The van der Waals surface area contributed by atoms with Crippen molar-refractivity contribution in [2.75, 3.05) is 7.11 Å². The molecule has 1 aliphatic heterocycles. The first-order valence-electron chi connectivity index (χ1n) is 10.5. The number of benzene rings is 3. The van der Waals surface area contributed by atoms with Crippen LogP contribution in [0.15, 0.2) is 89.8 Å². The van der Waals surface area contributed by atoms with Crippen LogP contribution in [0.5, 0.6) is 5.75 Å². The highest BCUT2D eigenvalue weighted by atomic mass is 32.1. The van der Waals surface area contributed by atoms with Crippen LogP contribution >= 0.6 is 11.3 Å². The zero-order valence-electron chi connectivity index (χ0n) is 17.9. The van der Waals surface area contributed by atoms with Crippen molar-refractivity contribution in [1.82, 2.24) is 4.90 Å². The van der Waals surface area contributed by atoms with Gasteiger partial charge < -0.3 is 14.7 Å². The Bertz CT molecular complexity index is 1390. The van der Waals surface area contributed by atoms with Crippen LogP contribution in [0.4, 0.5) is 0 Å².